The van der Waals surface area contributed by atoms with E-state index in [4.69, 9.17) is 70.6 Å². The molecule has 3 aromatic carbocycles. The van der Waals surface area contributed by atoms with Crippen molar-refractivity contribution in [1.82, 2.24) is 89.3 Å². The van der Waals surface area contributed by atoms with Crippen LogP contribution in [0.5, 0.6) is 0 Å². The topological polar surface area (TPSA) is 303 Å². The number of piperazine rings is 3. The number of amides is 3. The average molecular weight is 2100 g/mol. The van der Waals surface area contributed by atoms with E-state index < -0.39 is 5.60 Å². The van der Waals surface area contributed by atoms with Gasteiger partial charge >= 0.3 is 77.0 Å². The number of pyridine rings is 3. The fraction of sp³-hybridized carbons (Fsp3) is 0.488. The van der Waals surface area contributed by atoms with Crippen molar-refractivity contribution in [3.05, 3.63) is 145 Å². The number of carbonyl (C=O) groups excluding carboxylic acids is 2. The molecule has 0 bridgehead atoms. The number of nitrogens with one attached hydrogen (secondary N) is 4. The zero-order chi connectivity index (χ0) is 82.9. The molecule has 6 N–H and O–H groups in total. The van der Waals surface area contributed by atoms with Crippen molar-refractivity contribution in [2.75, 3.05) is 114 Å². The summed E-state index contributed by atoms with van der Waals surface area (Å²) < 4.78 is 11.8. The molecule has 3 amide bonds. The first-order chi connectivity index (χ1) is 57.1. The zero-order valence-electron chi connectivity index (χ0n) is 68.9. The number of para-hydroxylation sites is 3. The van der Waals surface area contributed by atoms with E-state index in [1.165, 1.54) is 60.6 Å². The molecule has 3 saturated heterocycles. The quantitative estimate of drug-likeness (QED) is 0.0330. The molecule has 6 aliphatic rings. The van der Waals surface area contributed by atoms with Crippen LogP contribution < -0.4 is 41.7 Å². The molecule has 0 spiro atoms. The Morgan fingerprint density at radius 2 is 0.773 bits per heavy atom. The van der Waals surface area contributed by atoms with E-state index >= 15 is 0 Å². The van der Waals surface area contributed by atoms with Crippen LogP contribution in [0.15, 0.2) is 128 Å². The second-order valence-electron chi connectivity index (χ2n) is 32.3. The van der Waals surface area contributed by atoms with Crippen LogP contribution in [0.25, 0.3) is 65.8 Å². The Kier molecular flexibility index (Phi) is 30.4. The number of benzene rings is 3. The van der Waals surface area contributed by atoms with Gasteiger partial charge in [0.25, 0.3) is 0 Å². The first kappa shape index (κ1) is 89.1. The van der Waals surface area contributed by atoms with Gasteiger partial charge < -0.3 is 56.2 Å². The van der Waals surface area contributed by atoms with Crippen LogP contribution >= 0.6 is 82.5 Å². The molecule has 0 radical (unpaired) electrons. The van der Waals surface area contributed by atoms with Crippen LogP contribution in [0.2, 0.25) is 0 Å². The molecule has 632 valence electrons. The Bertz CT molecular complexity index is 5420. The summed E-state index contributed by atoms with van der Waals surface area (Å²) in [5, 5.41) is 32.5. The van der Waals surface area contributed by atoms with Crippen molar-refractivity contribution < 1.29 is 19.2 Å². The molecule has 9 aromatic heterocycles. The number of anilines is 6. The minimum atomic E-state index is -0.516. The van der Waals surface area contributed by atoms with Gasteiger partial charge in [-0.3, -0.25) is 29.0 Å². The third-order valence-corrected chi connectivity index (χ3v) is 22.9. The SMILES string of the molecule is C.CCC(C)n1ncc2nc(N3CCN(C(=O)OC(C)(C)C)CC3)nc(N[C@@H](c3cnc4ccccc4c3)C3CC3)c21.CCC(C)n1ncc2nc(N3CCN(C(N)=O)CC3)nc(N[C@@H](c3cnc4ccccc4c3)C3CC3)c21.CCC(C)n1ncc2nc(N3CCNCC3)nc(N[C@@H](c3cnc4ccccc4c3)C3CC3)c21.CI.[I][V]([I])[I]. The van der Waals surface area contributed by atoms with Crippen LogP contribution in [0.4, 0.5) is 44.9 Å². The number of rotatable bonds is 21. The third kappa shape index (κ3) is 21.9. The summed E-state index contributed by atoms with van der Waals surface area (Å²) in [7, 11) is 0. The number of nitrogens with two attached hydrogens (primary N) is 1. The van der Waals surface area contributed by atoms with Crippen molar-refractivity contribution >= 4 is 196 Å². The van der Waals surface area contributed by atoms with E-state index in [2.05, 4.69) is 225 Å². The number of carbonyl (C=O) groups is 2. The summed E-state index contributed by atoms with van der Waals surface area (Å²) in [6, 6.07) is 32.2. The first-order valence-corrected chi connectivity index (χ1v) is 57.1. The Morgan fingerprint density at radius 3 is 1.07 bits per heavy atom. The molecular weight excluding hydrogens is 1990 g/mol. The van der Waals surface area contributed by atoms with Gasteiger partial charge in [-0.1, -0.05) is 105 Å². The zero-order valence-corrected chi connectivity index (χ0v) is 78.9. The maximum atomic E-state index is 12.6. The van der Waals surface area contributed by atoms with Gasteiger partial charge in [0, 0.05) is 131 Å². The van der Waals surface area contributed by atoms with Crippen molar-refractivity contribution in [1.29, 1.82) is 0 Å². The first-order valence-electron chi connectivity index (χ1n) is 41.4. The number of fused-ring (bicyclic) bond motifs is 6. The van der Waals surface area contributed by atoms with E-state index in [1.807, 2.05) is 103 Å². The summed E-state index contributed by atoms with van der Waals surface area (Å²) in [6.07, 6.45) is 21.3. The van der Waals surface area contributed by atoms with Crippen molar-refractivity contribution in [3.8, 4) is 0 Å². The van der Waals surface area contributed by atoms with E-state index in [0.717, 1.165) is 129 Å². The monoisotopic (exact) mass is 2100 g/mol. The molecule has 3 aliphatic carbocycles. The van der Waals surface area contributed by atoms with Crippen LogP contribution in [0.3, 0.4) is 0 Å². The molecule has 6 fully saturated rings. The number of alkyl halides is 1. The molecule has 28 nitrogen and oxygen atoms in total. The normalized spacial score (nSPS) is 17.2. The Morgan fingerprint density at radius 1 is 0.471 bits per heavy atom. The van der Waals surface area contributed by atoms with Gasteiger partial charge in [-0.2, -0.15) is 30.2 Å². The molecule has 6 atom stereocenters. The van der Waals surface area contributed by atoms with Crippen LogP contribution in [0, 0.1) is 17.8 Å². The minimum absolute atomic E-state index is 0. The van der Waals surface area contributed by atoms with Crippen LogP contribution in [-0.4, -0.2) is 185 Å². The Labute approximate surface area is 748 Å². The molecule has 12 heterocycles. The van der Waals surface area contributed by atoms with E-state index in [1.54, 1.807) is 9.80 Å². The molecule has 33 heteroatoms. The second-order valence-corrected chi connectivity index (χ2v) is 67.7. The van der Waals surface area contributed by atoms with Gasteiger partial charge in [0.15, 0.2) is 17.5 Å². The van der Waals surface area contributed by atoms with E-state index in [-0.39, 0.29) is 60.7 Å². The fourth-order valence-corrected chi connectivity index (χ4v) is 15.4. The summed E-state index contributed by atoms with van der Waals surface area (Å²) in [6.45, 7) is 27.2. The number of ether oxygens (including phenoxy) is 1. The molecule has 12 aromatic rings. The number of halogens is 4. The number of nitrogens with zero attached hydrogens (tertiary/aromatic N) is 20. The summed E-state index contributed by atoms with van der Waals surface area (Å²) >= 11 is 9.54. The maximum absolute atomic E-state index is 12.6. The van der Waals surface area contributed by atoms with Crippen molar-refractivity contribution in [2.45, 2.75) is 169 Å². The number of hydrogen-bond acceptors (Lipinski definition) is 22. The molecule has 3 unspecified atom stereocenters. The van der Waals surface area contributed by atoms with Crippen LogP contribution in [-0.2, 0) is 9.66 Å². The number of hydrogen-bond donors (Lipinski definition) is 5. The number of aromatic nitrogens is 15. The molecule has 3 saturated carbocycles. The van der Waals surface area contributed by atoms with Gasteiger partial charge in [-0.05, 0) is 175 Å². The van der Waals surface area contributed by atoms with E-state index in [0.29, 0.717) is 82.0 Å². The fourth-order valence-electron chi connectivity index (χ4n) is 15.4. The Balaban J connectivity index is 0.000000149. The van der Waals surface area contributed by atoms with Gasteiger partial charge in [0.2, 0.25) is 17.8 Å². The van der Waals surface area contributed by atoms with Crippen molar-refractivity contribution in [3.63, 3.8) is 0 Å². The predicted molar refractivity (Wildman–Crippen MR) is 511 cm³/mol. The number of urea groups is 1. The predicted octanol–water partition coefficient (Wildman–Crippen LogP) is 18.7. The Hall–Kier alpha value is -7.66. The van der Waals surface area contributed by atoms with Gasteiger partial charge in [-0.25, -0.2) is 24.5 Å². The van der Waals surface area contributed by atoms with Crippen molar-refractivity contribution in [2.24, 2.45) is 23.5 Å². The van der Waals surface area contributed by atoms with Gasteiger partial charge in [0.1, 0.15) is 38.7 Å². The molecule has 119 heavy (non-hydrogen) atoms. The standard InChI is InChI=1S/C31H40N8O2.C27H33N9O.C26H32N8.CH3I.CH4.3HI.V/c1-6-20(2)39-27-25(19-33-39)34-29(37-13-15-38(16-14-37)30(40)41-31(3,4)5)36-28(27)35-26(21-11-12-21)23-17-22-9-7-8-10-24(22)32-18-23;1-3-17(2)36-24-22(16-30-36)31-27(35-12-10-34(11-13-35)26(28)37)33-25(24)32-23(18-8-9-18)20-14-19-6-4-5-7-21(19)29-15-20;1-3-17(2)34-24-22(16-29-34)30-26(33-12-10-27-11-13-33)32-25(24)31-23(18-8-9-18)20-14-19-6-4-5-7-21(19)28-15-20;1-2;;;;;/h7-10,17-21,26H,6,11-16H2,1-5H3,(H,34,35,36);4-7,14-18,23H,3,8-13H2,1-2H3,(H2,28,37)(H,31,32,33);4-7,14-18,23,27H,3,8-13H2,1-2H3,(H,30,31,32);1H3;1H4;3*1H;/q;;;;;;;;+3/p-3/t20?,26-;2*17?,23-;;;;;;/m111....../s1. The van der Waals surface area contributed by atoms with Crippen LogP contribution in [0.1, 0.15) is 180 Å². The van der Waals surface area contributed by atoms with Gasteiger partial charge in [-0.15, -0.1) is 0 Å². The third-order valence-electron chi connectivity index (χ3n) is 22.9. The summed E-state index contributed by atoms with van der Waals surface area (Å²) in [5.41, 5.74) is 16.9. The summed E-state index contributed by atoms with van der Waals surface area (Å²) in [4.78, 5) is 80.2. The summed E-state index contributed by atoms with van der Waals surface area (Å²) in [5.74, 6) is 6.16. The second kappa shape index (κ2) is 40.6. The molecule has 18 rings (SSSR count). The van der Waals surface area contributed by atoms with E-state index in [9.17, 15) is 9.59 Å². The number of primary amides is 1. The average Bonchev–Trinajstić information content (AvgIpc) is 1.67. The van der Waals surface area contributed by atoms with Gasteiger partial charge in [0.05, 0.1) is 53.3 Å². The molecular formula is C86H112I4N25O3V. The molecule has 3 aliphatic heterocycles.